The Morgan fingerprint density at radius 2 is 1.95 bits per heavy atom. The van der Waals surface area contributed by atoms with E-state index in [0.29, 0.717) is 44.1 Å². The minimum atomic E-state index is -4.39. The molecule has 7 heteroatoms. The maximum atomic E-state index is 12.7. The number of nitrogens with zero attached hydrogens (tertiary/aromatic N) is 1. The maximum absolute atomic E-state index is 12.7. The molecule has 1 aliphatic rings. The van der Waals surface area contributed by atoms with Gasteiger partial charge in [-0.15, -0.1) is 0 Å². The molecule has 0 saturated carbocycles. The molecule has 2 heterocycles. The molecule has 4 nitrogen and oxygen atoms in total. The molecule has 0 unspecified atom stereocenters. The highest BCUT2D eigenvalue weighted by atomic mass is 19.4. The SMILES string of the molecule is NCC1(c2nc3cc(C(F)(F)F)ccc3o2)CCOCC1. The van der Waals surface area contributed by atoms with Crippen molar-refractivity contribution < 1.29 is 22.3 Å². The standard InChI is InChI=1S/C14H15F3N2O2/c15-14(16,17)9-1-2-11-10(7-9)19-12(21-11)13(8-18)3-5-20-6-4-13/h1-2,7H,3-6,8,18H2. The van der Waals surface area contributed by atoms with Crippen LogP contribution in [0.2, 0.25) is 0 Å². The minimum Gasteiger partial charge on any atom is -0.440 e. The van der Waals surface area contributed by atoms with Gasteiger partial charge in [0.2, 0.25) is 5.89 Å². The predicted molar refractivity (Wildman–Crippen MR) is 69.8 cm³/mol. The van der Waals surface area contributed by atoms with E-state index in [0.717, 1.165) is 12.1 Å². The van der Waals surface area contributed by atoms with Crippen molar-refractivity contribution in [2.45, 2.75) is 24.4 Å². The summed E-state index contributed by atoms with van der Waals surface area (Å²) < 4.78 is 49.1. The number of nitrogens with two attached hydrogens (primary N) is 1. The van der Waals surface area contributed by atoms with Crippen LogP contribution in [0.25, 0.3) is 11.1 Å². The molecule has 0 atom stereocenters. The zero-order valence-electron chi connectivity index (χ0n) is 11.2. The van der Waals surface area contributed by atoms with E-state index in [9.17, 15) is 13.2 Å². The number of ether oxygens (including phenoxy) is 1. The predicted octanol–water partition coefficient (Wildman–Crippen LogP) is 2.85. The summed E-state index contributed by atoms with van der Waals surface area (Å²) in [4.78, 5) is 4.25. The molecule has 2 aromatic rings. The van der Waals surface area contributed by atoms with Crippen molar-refractivity contribution in [2.24, 2.45) is 5.73 Å². The molecule has 1 fully saturated rings. The second-order valence-corrected chi connectivity index (χ2v) is 5.30. The van der Waals surface area contributed by atoms with E-state index in [2.05, 4.69) is 4.98 Å². The van der Waals surface area contributed by atoms with Crippen LogP contribution in [0.1, 0.15) is 24.3 Å². The van der Waals surface area contributed by atoms with Crippen molar-refractivity contribution in [3.05, 3.63) is 29.7 Å². The number of rotatable bonds is 2. The van der Waals surface area contributed by atoms with Crippen LogP contribution >= 0.6 is 0 Å². The van der Waals surface area contributed by atoms with Crippen molar-refractivity contribution in [2.75, 3.05) is 19.8 Å². The number of benzene rings is 1. The Kier molecular flexibility index (Phi) is 3.41. The maximum Gasteiger partial charge on any atom is 0.416 e. The third-order valence-electron chi connectivity index (χ3n) is 4.01. The van der Waals surface area contributed by atoms with E-state index in [-0.39, 0.29) is 5.52 Å². The van der Waals surface area contributed by atoms with E-state index < -0.39 is 17.2 Å². The molecule has 0 bridgehead atoms. The fourth-order valence-electron chi connectivity index (χ4n) is 2.60. The van der Waals surface area contributed by atoms with E-state index in [1.165, 1.54) is 6.07 Å². The first-order chi connectivity index (χ1) is 9.94. The molecule has 1 saturated heterocycles. The van der Waals surface area contributed by atoms with Crippen LogP contribution in [-0.4, -0.2) is 24.7 Å². The number of hydrogen-bond donors (Lipinski definition) is 1. The topological polar surface area (TPSA) is 61.3 Å². The molecule has 1 aromatic carbocycles. The van der Waals surface area contributed by atoms with Gasteiger partial charge >= 0.3 is 6.18 Å². The van der Waals surface area contributed by atoms with Crippen molar-refractivity contribution in [1.29, 1.82) is 0 Å². The van der Waals surface area contributed by atoms with Gasteiger partial charge < -0.3 is 14.9 Å². The van der Waals surface area contributed by atoms with Gasteiger partial charge in [0.05, 0.1) is 11.0 Å². The summed E-state index contributed by atoms with van der Waals surface area (Å²) in [5.74, 6) is 0.405. The Bertz CT molecular complexity index is 645. The Hall–Kier alpha value is -1.60. The van der Waals surface area contributed by atoms with Crippen molar-refractivity contribution in [3.63, 3.8) is 0 Å². The fraction of sp³-hybridized carbons (Fsp3) is 0.500. The van der Waals surface area contributed by atoms with E-state index in [4.69, 9.17) is 14.9 Å². The number of aromatic nitrogens is 1. The van der Waals surface area contributed by atoms with Gasteiger partial charge in [-0.2, -0.15) is 13.2 Å². The molecule has 3 rings (SSSR count). The molecule has 0 spiro atoms. The number of fused-ring (bicyclic) bond motifs is 1. The van der Waals surface area contributed by atoms with E-state index in [1.54, 1.807) is 0 Å². The van der Waals surface area contributed by atoms with Gasteiger partial charge in [0.1, 0.15) is 5.52 Å². The lowest BCUT2D eigenvalue weighted by molar-refractivity contribution is -0.137. The summed E-state index contributed by atoms with van der Waals surface area (Å²) in [6.07, 6.45) is -3.08. The van der Waals surface area contributed by atoms with Gasteiger partial charge in [-0.05, 0) is 31.0 Å². The van der Waals surface area contributed by atoms with Gasteiger partial charge in [-0.25, -0.2) is 4.98 Å². The molecule has 1 aromatic heterocycles. The Morgan fingerprint density at radius 3 is 2.57 bits per heavy atom. The van der Waals surface area contributed by atoms with Crippen molar-refractivity contribution in [3.8, 4) is 0 Å². The number of alkyl halides is 3. The van der Waals surface area contributed by atoms with Gasteiger partial charge in [-0.3, -0.25) is 0 Å². The average molecular weight is 300 g/mol. The lowest BCUT2D eigenvalue weighted by Gasteiger charge is -2.32. The number of oxazole rings is 1. The zero-order chi connectivity index (χ0) is 15.1. The second-order valence-electron chi connectivity index (χ2n) is 5.30. The lowest BCUT2D eigenvalue weighted by atomic mass is 9.80. The highest BCUT2D eigenvalue weighted by molar-refractivity contribution is 5.73. The normalized spacial score (nSPS) is 19.0. The summed E-state index contributed by atoms with van der Waals surface area (Å²) in [6.45, 7) is 1.42. The zero-order valence-corrected chi connectivity index (χ0v) is 11.2. The summed E-state index contributed by atoms with van der Waals surface area (Å²) in [5.41, 5.74) is 5.23. The molecule has 114 valence electrons. The first-order valence-electron chi connectivity index (χ1n) is 6.71. The van der Waals surface area contributed by atoms with Crippen LogP contribution < -0.4 is 5.73 Å². The fourth-order valence-corrected chi connectivity index (χ4v) is 2.60. The molecule has 1 aliphatic heterocycles. The Morgan fingerprint density at radius 1 is 1.24 bits per heavy atom. The van der Waals surface area contributed by atoms with E-state index in [1.807, 2.05) is 0 Å². The Balaban J connectivity index is 2.04. The van der Waals surface area contributed by atoms with Gasteiger partial charge in [0.25, 0.3) is 0 Å². The quantitative estimate of drug-likeness (QED) is 0.926. The molecule has 0 radical (unpaired) electrons. The monoisotopic (exact) mass is 300 g/mol. The van der Waals surface area contributed by atoms with Crippen molar-refractivity contribution in [1.82, 2.24) is 4.98 Å². The third kappa shape index (κ3) is 2.51. The summed E-state index contributed by atoms with van der Waals surface area (Å²) in [7, 11) is 0. The summed E-state index contributed by atoms with van der Waals surface area (Å²) in [5, 5.41) is 0. The van der Waals surface area contributed by atoms with Crippen LogP contribution in [0.4, 0.5) is 13.2 Å². The second kappa shape index (κ2) is 4.99. The molecular weight excluding hydrogens is 285 g/mol. The minimum absolute atomic E-state index is 0.208. The first-order valence-corrected chi connectivity index (χ1v) is 6.71. The van der Waals surface area contributed by atoms with Gasteiger partial charge in [-0.1, -0.05) is 0 Å². The van der Waals surface area contributed by atoms with E-state index >= 15 is 0 Å². The third-order valence-corrected chi connectivity index (χ3v) is 4.01. The van der Waals surface area contributed by atoms with Crippen LogP contribution in [0.15, 0.2) is 22.6 Å². The lowest BCUT2D eigenvalue weighted by Crippen LogP contribution is -2.40. The largest absolute Gasteiger partial charge is 0.440 e. The van der Waals surface area contributed by atoms with Gasteiger partial charge in [0.15, 0.2) is 5.58 Å². The highest BCUT2D eigenvalue weighted by Gasteiger charge is 2.38. The molecule has 0 aliphatic carbocycles. The van der Waals surface area contributed by atoms with Gasteiger partial charge in [0, 0.05) is 19.8 Å². The first kappa shape index (κ1) is 14.3. The van der Waals surface area contributed by atoms with Crippen LogP contribution in [0, 0.1) is 0 Å². The van der Waals surface area contributed by atoms with Crippen LogP contribution in [0.5, 0.6) is 0 Å². The highest BCUT2D eigenvalue weighted by Crippen LogP contribution is 2.36. The molecule has 21 heavy (non-hydrogen) atoms. The Labute approximate surface area is 119 Å². The van der Waals surface area contributed by atoms with Crippen LogP contribution in [-0.2, 0) is 16.3 Å². The summed E-state index contributed by atoms with van der Waals surface area (Å²) >= 11 is 0. The average Bonchev–Trinajstić information content (AvgIpc) is 2.90. The number of hydrogen-bond acceptors (Lipinski definition) is 4. The molecule has 0 amide bonds. The summed E-state index contributed by atoms with van der Waals surface area (Å²) in [6, 6.07) is 3.31. The van der Waals surface area contributed by atoms with Crippen LogP contribution in [0.3, 0.4) is 0 Å². The molecule has 2 N–H and O–H groups in total. The number of halogens is 3. The molecular formula is C14H15F3N2O2. The van der Waals surface area contributed by atoms with Crippen molar-refractivity contribution >= 4 is 11.1 Å². The smallest absolute Gasteiger partial charge is 0.416 e.